The van der Waals surface area contributed by atoms with Crippen molar-refractivity contribution in [3.05, 3.63) is 30.2 Å². The van der Waals surface area contributed by atoms with Crippen molar-refractivity contribution in [2.24, 2.45) is 0 Å². The van der Waals surface area contributed by atoms with Gasteiger partial charge in [-0.15, -0.1) is 0 Å². The third-order valence-electron chi connectivity index (χ3n) is 5.90. The molecule has 1 amide bonds. The maximum atomic E-state index is 11.1. The van der Waals surface area contributed by atoms with Gasteiger partial charge in [0.1, 0.15) is 18.7 Å². The SMILES string of the molecule is CN1CCC[C@H]1COc1ccc2c(C3CCN(C(=O)O)CC3)ncnc2c1. The van der Waals surface area contributed by atoms with Crippen LogP contribution in [0.15, 0.2) is 24.5 Å². The van der Waals surface area contributed by atoms with Crippen molar-refractivity contribution in [3.8, 4) is 5.75 Å². The van der Waals surface area contributed by atoms with E-state index in [0.717, 1.165) is 41.7 Å². The van der Waals surface area contributed by atoms with Crippen molar-refractivity contribution in [3.63, 3.8) is 0 Å². The van der Waals surface area contributed by atoms with Gasteiger partial charge in [-0.2, -0.15) is 0 Å². The van der Waals surface area contributed by atoms with Crippen LogP contribution in [0.4, 0.5) is 4.79 Å². The fourth-order valence-electron chi connectivity index (χ4n) is 4.20. The second kappa shape index (κ2) is 7.68. The van der Waals surface area contributed by atoms with E-state index in [1.165, 1.54) is 17.7 Å². The highest BCUT2D eigenvalue weighted by Gasteiger charge is 2.26. The molecule has 7 nitrogen and oxygen atoms in total. The van der Waals surface area contributed by atoms with Crippen LogP contribution in [0.25, 0.3) is 10.9 Å². The molecule has 1 aromatic heterocycles. The van der Waals surface area contributed by atoms with Gasteiger partial charge in [0, 0.05) is 36.5 Å². The average molecular weight is 370 g/mol. The van der Waals surface area contributed by atoms with E-state index in [4.69, 9.17) is 9.84 Å². The molecule has 2 aromatic rings. The Kier molecular flexibility index (Phi) is 5.11. The quantitative estimate of drug-likeness (QED) is 0.891. The second-order valence-electron chi connectivity index (χ2n) is 7.57. The summed E-state index contributed by atoms with van der Waals surface area (Å²) in [5, 5.41) is 10.2. The lowest BCUT2D eigenvalue weighted by molar-refractivity contribution is 0.132. The van der Waals surface area contributed by atoms with E-state index in [2.05, 4.69) is 21.9 Å². The standard InChI is InChI=1S/C20H26N4O3/c1-23-8-2-3-15(23)12-27-16-4-5-17-18(11-16)21-13-22-19(17)14-6-9-24(10-7-14)20(25)26/h4-5,11,13-15H,2-3,6-10,12H2,1H3,(H,25,26)/t15-/m0/s1. The average Bonchev–Trinajstić information content (AvgIpc) is 3.10. The van der Waals surface area contributed by atoms with Gasteiger partial charge in [0.25, 0.3) is 0 Å². The number of piperidine rings is 1. The number of ether oxygens (including phenoxy) is 1. The lowest BCUT2D eigenvalue weighted by Gasteiger charge is -2.30. The zero-order valence-electron chi connectivity index (χ0n) is 15.7. The molecule has 0 saturated carbocycles. The van der Waals surface area contributed by atoms with E-state index >= 15 is 0 Å². The molecule has 0 radical (unpaired) electrons. The highest BCUT2D eigenvalue weighted by atomic mass is 16.5. The fourth-order valence-corrected chi connectivity index (χ4v) is 4.20. The third kappa shape index (κ3) is 3.83. The molecule has 4 rings (SSSR count). The van der Waals surface area contributed by atoms with Crippen molar-refractivity contribution in [1.82, 2.24) is 19.8 Å². The van der Waals surface area contributed by atoms with Gasteiger partial charge in [-0.25, -0.2) is 14.8 Å². The van der Waals surface area contributed by atoms with Crippen LogP contribution >= 0.6 is 0 Å². The number of hydrogen-bond acceptors (Lipinski definition) is 5. The van der Waals surface area contributed by atoms with Crippen LogP contribution in [0, 0.1) is 0 Å². The number of carbonyl (C=O) groups is 1. The Labute approximate surface area is 159 Å². The zero-order valence-corrected chi connectivity index (χ0v) is 15.7. The van der Waals surface area contributed by atoms with Crippen LogP contribution in [-0.2, 0) is 0 Å². The summed E-state index contributed by atoms with van der Waals surface area (Å²) in [4.78, 5) is 23.9. The fraction of sp³-hybridized carbons (Fsp3) is 0.550. The van der Waals surface area contributed by atoms with Crippen molar-refractivity contribution >= 4 is 17.0 Å². The molecule has 0 spiro atoms. The van der Waals surface area contributed by atoms with Crippen molar-refractivity contribution in [2.45, 2.75) is 37.6 Å². The summed E-state index contributed by atoms with van der Waals surface area (Å²) in [6.45, 7) is 2.96. The molecule has 2 saturated heterocycles. The molecule has 1 N–H and O–H groups in total. The number of carboxylic acid groups (broad SMARTS) is 1. The van der Waals surface area contributed by atoms with Crippen molar-refractivity contribution < 1.29 is 14.6 Å². The predicted octanol–water partition coefficient (Wildman–Crippen LogP) is 2.96. The Morgan fingerprint density at radius 2 is 2.04 bits per heavy atom. The van der Waals surface area contributed by atoms with Gasteiger partial charge in [0.15, 0.2) is 0 Å². The first kappa shape index (κ1) is 18.0. The minimum Gasteiger partial charge on any atom is -0.492 e. The lowest BCUT2D eigenvalue weighted by atomic mass is 9.91. The van der Waals surface area contributed by atoms with Gasteiger partial charge >= 0.3 is 6.09 Å². The van der Waals surface area contributed by atoms with Gasteiger partial charge in [-0.1, -0.05) is 0 Å². The number of aromatic nitrogens is 2. The van der Waals surface area contributed by atoms with Gasteiger partial charge in [0.05, 0.1) is 11.2 Å². The zero-order chi connectivity index (χ0) is 18.8. The molecule has 2 fully saturated rings. The molecule has 1 atom stereocenters. The number of benzene rings is 1. The minimum atomic E-state index is -0.837. The van der Waals surface area contributed by atoms with Crippen LogP contribution in [0.5, 0.6) is 5.75 Å². The van der Waals surface area contributed by atoms with Gasteiger partial charge in [-0.3, -0.25) is 0 Å². The smallest absolute Gasteiger partial charge is 0.407 e. The number of likely N-dealkylation sites (tertiary alicyclic amines) is 2. The normalized spacial score (nSPS) is 21.7. The molecule has 3 heterocycles. The molecule has 0 bridgehead atoms. The summed E-state index contributed by atoms with van der Waals surface area (Å²) in [5.41, 5.74) is 1.91. The Morgan fingerprint density at radius 3 is 2.74 bits per heavy atom. The first-order valence-corrected chi connectivity index (χ1v) is 9.67. The predicted molar refractivity (Wildman–Crippen MR) is 102 cm³/mol. The molecule has 7 heteroatoms. The van der Waals surface area contributed by atoms with E-state index in [-0.39, 0.29) is 5.92 Å². The van der Waals surface area contributed by atoms with Crippen LogP contribution in [0.1, 0.15) is 37.3 Å². The maximum absolute atomic E-state index is 11.1. The Balaban J connectivity index is 1.48. The summed E-state index contributed by atoms with van der Waals surface area (Å²) >= 11 is 0. The number of amides is 1. The molecular formula is C20H26N4O3. The summed E-state index contributed by atoms with van der Waals surface area (Å²) in [6, 6.07) is 6.52. The maximum Gasteiger partial charge on any atom is 0.407 e. The van der Waals surface area contributed by atoms with Crippen LogP contribution < -0.4 is 4.74 Å². The van der Waals surface area contributed by atoms with Gasteiger partial charge < -0.3 is 19.6 Å². The number of nitrogens with zero attached hydrogens (tertiary/aromatic N) is 4. The molecule has 2 aliphatic rings. The molecule has 144 valence electrons. The third-order valence-corrected chi connectivity index (χ3v) is 5.90. The number of fused-ring (bicyclic) bond motifs is 1. The molecular weight excluding hydrogens is 344 g/mol. The largest absolute Gasteiger partial charge is 0.492 e. The Hall–Kier alpha value is -2.41. The van der Waals surface area contributed by atoms with E-state index in [0.29, 0.717) is 25.7 Å². The summed E-state index contributed by atoms with van der Waals surface area (Å²) < 4.78 is 6.02. The summed E-state index contributed by atoms with van der Waals surface area (Å²) in [6.07, 6.45) is 4.78. The first-order valence-electron chi connectivity index (χ1n) is 9.67. The molecule has 0 aliphatic carbocycles. The number of likely N-dealkylation sites (N-methyl/N-ethyl adjacent to an activating group) is 1. The topological polar surface area (TPSA) is 78.8 Å². The highest BCUT2D eigenvalue weighted by molar-refractivity contribution is 5.82. The van der Waals surface area contributed by atoms with E-state index in [1.54, 1.807) is 6.33 Å². The molecule has 27 heavy (non-hydrogen) atoms. The molecule has 1 aromatic carbocycles. The van der Waals surface area contributed by atoms with Crippen LogP contribution in [0.3, 0.4) is 0 Å². The molecule has 2 aliphatic heterocycles. The van der Waals surface area contributed by atoms with Crippen molar-refractivity contribution in [1.29, 1.82) is 0 Å². The Morgan fingerprint density at radius 1 is 1.22 bits per heavy atom. The number of hydrogen-bond donors (Lipinski definition) is 1. The number of rotatable bonds is 4. The van der Waals surface area contributed by atoms with Gasteiger partial charge in [-0.05, 0) is 51.4 Å². The summed E-state index contributed by atoms with van der Waals surface area (Å²) in [5.74, 6) is 1.11. The molecule has 0 unspecified atom stereocenters. The minimum absolute atomic E-state index is 0.269. The van der Waals surface area contributed by atoms with Crippen LogP contribution in [-0.4, -0.2) is 70.3 Å². The van der Waals surface area contributed by atoms with Crippen molar-refractivity contribution in [2.75, 3.05) is 33.3 Å². The highest BCUT2D eigenvalue weighted by Crippen LogP contribution is 2.32. The van der Waals surface area contributed by atoms with E-state index in [9.17, 15) is 4.79 Å². The Bertz CT molecular complexity index is 820. The lowest BCUT2D eigenvalue weighted by Crippen LogP contribution is -2.37. The van der Waals surface area contributed by atoms with Gasteiger partial charge in [0.2, 0.25) is 0 Å². The van der Waals surface area contributed by atoms with E-state index < -0.39 is 6.09 Å². The van der Waals surface area contributed by atoms with Crippen LogP contribution in [0.2, 0.25) is 0 Å². The monoisotopic (exact) mass is 370 g/mol. The second-order valence-corrected chi connectivity index (χ2v) is 7.57. The first-order chi connectivity index (χ1) is 13.1. The summed E-state index contributed by atoms with van der Waals surface area (Å²) in [7, 11) is 2.15. The van der Waals surface area contributed by atoms with E-state index in [1.807, 2.05) is 18.2 Å².